The first kappa shape index (κ1) is 16.9. The van der Waals surface area contributed by atoms with E-state index in [2.05, 4.69) is 0 Å². The fourth-order valence-electron chi connectivity index (χ4n) is 2.53. The summed E-state index contributed by atoms with van der Waals surface area (Å²) in [5.41, 5.74) is 0.648. The molecule has 1 aromatic carbocycles. The van der Waals surface area contributed by atoms with Crippen molar-refractivity contribution in [1.29, 1.82) is 0 Å². The van der Waals surface area contributed by atoms with Gasteiger partial charge in [-0.05, 0) is 30.2 Å². The minimum Gasteiger partial charge on any atom is -0.352 e. The molecule has 2 aromatic rings. The standard InChI is InChI=1S/C17H19NO5S/c19-15(12-17-22-9-4-10-23-17)11-14-7-8-18(13-14)24(20,21)16-5-2-1-3-6-16/h1-3,5-8,13,17H,4,9-12H2. The summed E-state index contributed by atoms with van der Waals surface area (Å²) in [4.78, 5) is 12.3. The first-order chi connectivity index (χ1) is 11.6. The Kier molecular flexibility index (Phi) is 5.13. The second-order valence-corrected chi connectivity index (χ2v) is 7.46. The molecular weight excluding hydrogens is 330 g/mol. The van der Waals surface area contributed by atoms with Gasteiger partial charge in [0.2, 0.25) is 0 Å². The van der Waals surface area contributed by atoms with Gasteiger partial charge in [0, 0.05) is 18.8 Å². The molecule has 3 rings (SSSR count). The first-order valence-corrected chi connectivity index (χ1v) is 9.22. The van der Waals surface area contributed by atoms with Crippen molar-refractivity contribution in [1.82, 2.24) is 3.97 Å². The Morgan fingerprint density at radius 3 is 2.54 bits per heavy atom. The highest BCUT2D eigenvalue weighted by Gasteiger charge is 2.20. The molecule has 0 aliphatic carbocycles. The molecule has 0 bridgehead atoms. The highest BCUT2D eigenvalue weighted by atomic mass is 32.2. The van der Waals surface area contributed by atoms with E-state index in [1.807, 2.05) is 0 Å². The van der Waals surface area contributed by atoms with Crippen LogP contribution in [-0.4, -0.2) is 37.7 Å². The van der Waals surface area contributed by atoms with Crippen LogP contribution >= 0.6 is 0 Å². The normalized spacial score (nSPS) is 16.2. The van der Waals surface area contributed by atoms with Crippen molar-refractivity contribution < 1.29 is 22.7 Å². The van der Waals surface area contributed by atoms with Gasteiger partial charge in [-0.15, -0.1) is 0 Å². The zero-order chi connectivity index (χ0) is 17.0. The predicted molar refractivity (Wildman–Crippen MR) is 87.1 cm³/mol. The van der Waals surface area contributed by atoms with Crippen molar-refractivity contribution in [3.05, 3.63) is 54.4 Å². The molecule has 1 aliphatic rings. The molecule has 0 unspecified atom stereocenters. The van der Waals surface area contributed by atoms with Gasteiger partial charge in [0.05, 0.1) is 24.5 Å². The quantitative estimate of drug-likeness (QED) is 0.797. The zero-order valence-electron chi connectivity index (χ0n) is 13.1. The van der Waals surface area contributed by atoms with Crippen molar-refractivity contribution in [3.8, 4) is 0 Å². The molecular formula is C17H19NO5S. The van der Waals surface area contributed by atoms with Crippen LogP contribution in [0.3, 0.4) is 0 Å². The Labute approximate surface area is 141 Å². The number of carbonyl (C=O) groups excluding carboxylic acids is 1. The molecule has 1 aliphatic heterocycles. The van der Waals surface area contributed by atoms with Gasteiger partial charge in [0.25, 0.3) is 10.0 Å². The van der Waals surface area contributed by atoms with Crippen LogP contribution < -0.4 is 0 Å². The number of hydrogen-bond donors (Lipinski definition) is 0. The Morgan fingerprint density at radius 1 is 1.12 bits per heavy atom. The average molecular weight is 349 g/mol. The average Bonchev–Trinajstić information content (AvgIpc) is 3.05. The molecule has 0 saturated carbocycles. The van der Waals surface area contributed by atoms with E-state index in [0.717, 1.165) is 10.4 Å². The number of ketones is 1. The van der Waals surface area contributed by atoms with Gasteiger partial charge in [-0.1, -0.05) is 18.2 Å². The molecule has 0 radical (unpaired) electrons. The molecule has 0 N–H and O–H groups in total. The van der Waals surface area contributed by atoms with E-state index < -0.39 is 16.3 Å². The highest BCUT2D eigenvalue weighted by molar-refractivity contribution is 7.90. The SMILES string of the molecule is O=C(Cc1ccn(S(=O)(=O)c2ccccc2)c1)CC1OCCCO1. The number of ether oxygens (including phenoxy) is 2. The van der Waals surface area contributed by atoms with Crippen LogP contribution in [0.25, 0.3) is 0 Å². The summed E-state index contributed by atoms with van der Waals surface area (Å²) in [7, 11) is -3.63. The second kappa shape index (κ2) is 7.29. The van der Waals surface area contributed by atoms with Gasteiger partial charge in [-0.3, -0.25) is 4.79 Å². The number of nitrogens with zero attached hydrogens (tertiary/aromatic N) is 1. The van der Waals surface area contributed by atoms with Gasteiger partial charge in [-0.2, -0.15) is 0 Å². The van der Waals surface area contributed by atoms with Gasteiger partial charge >= 0.3 is 0 Å². The van der Waals surface area contributed by atoms with Crippen molar-refractivity contribution in [2.75, 3.05) is 13.2 Å². The third-order valence-corrected chi connectivity index (χ3v) is 5.39. The van der Waals surface area contributed by atoms with Crippen LogP contribution in [0.5, 0.6) is 0 Å². The van der Waals surface area contributed by atoms with E-state index in [4.69, 9.17) is 9.47 Å². The van der Waals surface area contributed by atoms with Crippen molar-refractivity contribution in [2.45, 2.75) is 30.4 Å². The Morgan fingerprint density at radius 2 is 1.83 bits per heavy atom. The molecule has 0 spiro atoms. The lowest BCUT2D eigenvalue weighted by Crippen LogP contribution is -2.27. The van der Waals surface area contributed by atoms with Crippen LogP contribution in [0.2, 0.25) is 0 Å². The lowest BCUT2D eigenvalue weighted by Gasteiger charge is -2.22. The minimum atomic E-state index is -3.63. The lowest BCUT2D eigenvalue weighted by atomic mass is 10.1. The number of benzene rings is 1. The van der Waals surface area contributed by atoms with Gasteiger partial charge in [0.1, 0.15) is 5.78 Å². The third kappa shape index (κ3) is 3.92. The van der Waals surface area contributed by atoms with Crippen molar-refractivity contribution >= 4 is 15.8 Å². The molecule has 1 saturated heterocycles. The molecule has 0 amide bonds. The Hall–Kier alpha value is -1.96. The summed E-state index contributed by atoms with van der Waals surface area (Å²) in [6.07, 6.45) is 3.62. The van der Waals surface area contributed by atoms with Crippen LogP contribution in [0.1, 0.15) is 18.4 Å². The highest BCUT2D eigenvalue weighted by Crippen LogP contribution is 2.16. The number of aromatic nitrogens is 1. The lowest BCUT2D eigenvalue weighted by molar-refractivity contribution is -0.183. The predicted octanol–water partition coefficient (Wildman–Crippen LogP) is 1.99. The fourth-order valence-corrected chi connectivity index (χ4v) is 3.77. The monoisotopic (exact) mass is 349 g/mol. The maximum Gasteiger partial charge on any atom is 0.267 e. The number of rotatable bonds is 6. The zero-order valence-corrected chi connectivity index (χ0v) is 13.9. The molecule has 24 heavy (non-hydrogen) atoms. The van der Waals surface area contributed by atoms with E-state index in [0.29, 0.717) is 18.8 Å². The van der Waals surface area contributed by atoms with E-state index in [1.54, 1.807) is 24.3 Å². The maximum absolute atomic E-state index is 12.5. The summed E-state index contributed by atoms with van der Waals surface area (Å²) < 4.78 is 36.8. The van der Waals surface area contributed by atoms with Crippen molar-refractivity contribution in [3.63, 3.8) is 0 Å². The van der Waals surface area contributed by atoms with Crippen molar-refractivity contribution in [2.24, 2.45) is 0 Å². The second-order valence-electron chi connectivity index (χ2n) is 5.61. The van der Waals surface area contributed by atoms with Gasteiger partial charge < -0.3 is 9.47 Å². The summed E-state index contributed by atoms with van der Waals surface area (Å²) in [5.74, 6) is -0.0447. The fraction of sp³-hybridized carbons (Fsp3) is 0.353. The van der Waals surface area contributed by atoms with E-state index in [9.17, 15) is 13.2 Å². The van der Waals surface area contributed by atoms with Gasteiger partial charge in [0.15, 0.2) is 6.29 Å². The molecule has 128 valence electrons. The first-order valence-electron chi connectivity index (χ1n) is 7.78. The molecule has 1 aromatic heterocycles. The smallest absolute Gasteiger partial charge is 0.267 e. The molecule has 0 atom stereocenters. The van der Waals surface area contributed by atoms with Crippen LogP contribution in [-0.2, 0) is 30.7 Å². The summed E-state index contributed by atoms with van der Waals surface area (Å²) in [6.45, 7) is 1.20. The number of hydrogen-bond acceptors (Lipinski definition) is 5. The molecule has 1 fully saturated rings. The topological polar surface area (TPSA) is 74.6 Å². The molecule has 6 nitrogen and oxygen atoms in total. The molecule has 7 heteroatoms. The maximum atomic E-state index is 12.5. The van der Waals surface area contributed by atoms with E-state index in [1.165, 1.54) is 24.5 Å². The van der Waals surface area contributed by atoms with Crippen LogP contribution in [0, 0.1) is 0 Å². The Balaban J connectivity index is 1.66. The third-order valence-electron chi connectivity index (χ3n) is 3.74. The van der Waals surface area contributed by atoms with Crippen LogP contribution in [0.15, 0.2) is 53.7 Å². The largest absolute Gasteiger partial charge is 0.352 e. The van der Waals surface area contributed by atoms with E-state index >= 15 is 0 Å². The minimum absolute atomic E-state index is 0.0447. The van der Waals surface area contributed by atoms with E-state index in [-0.39, 0.29) is 23.5 Å². The number of Topliss-reactive ketones (excluding diaryl/α,β-unsaturated/α-hetero) is 1. The molecule has 2 heterocycles. The summed E-state index contributed by atoms with van der Waals surface area (Å²) >= 11 is 0. The van der Waals surface area contributed by atoms with Crippen LogP contribution in [0.4, 0.5) is 0 Å². The summed E-state index contributed by atoms with van der Waals surface area (Å²) in [5, 5.41) is 0. The van der Waals surface area contributed by atoms with Gasteiger partial charge in [-0.25, -0.2) is 12.4 Å². The Bertz CT molecular complexity index is 791. The summed E-state index contributed by atoms with van der Waals surface area (Å²) in [6, 6.07) is 9.82. The number of carbonyl (C=O) groups is 1.